The Kier molecular flexibility index (Phi) is 5.65. The van der Waals surface area contributed by atoms with Gasteiger partial charge in [-0.05, 0) is 13.8 Å². The minimum absolute atomic E-state index is 0.166. The molecule has 0 saturated carbocycles. The van der Waals surface area contributed by atoms with E-state index in [4.69, 9.17) is 9.47 Å². The fourth-order valence-corrected chi connectivity index (χ4v) is 1.47. The van der Waals surface area contributed by atoms with E-state index in [1.807, 2.05) is 13.8 Å². The molecule has 7 heteroatoms. The second kappa shape index (κ2) is 7.01. The Morgan fingerprint density at radius 1 is 1.42 bits per heavy atom. The summed E-state index contributed by atoms with van der Waals surface area (Å²) in [5, 5.41) is 2.50. The van der Waals surface area contributed by atoms with Crippen LogP contribution in [0, 0.1) is 0 Å². The van der Waals surface area contributed by atoms with Crippen molar-refractivity contribution < 1.29 is 14.3 Å². The van der Waals surface area contributed by atoms with Crippen LogP contribution in [-0.2, 0) is 21.3 Å². The lowest BCUT2D eigenvalue weighted by molar-refractivity contribution is -0.142. The third kappa shape index (κ3) is 4.15. The van der Waals surface area contributed by atoms with Gasteiger partial charge in [-0.25, -0.2) is 4.98 Å². The monoisotopic (exact) mass is 269 g/mol. The first-order valence-corrected chi connectivity index (χ1v) is 6.08. The normalized spacial score (nSPS) is 10.8. The molecule has 1 amide bonds. The largest absolute Gasteiger partial charge is 0.347 e. The first-order chi connectivity index (χ1) is 8.99. The van der Waals surface area contributed by atoms with Crippen LogP contribution in [0.4, 0.5) is 5.95 Å². The molecule has 0 unspecified atom stereocenters. The molecule has 0 aliphatic heterocycles. The highest BCUT2D eigenvalue weighted by Crippen LogP contribution is 2.16. The van der Waals surface area contributed by atoms with Gasteiger partial charge in [-0.15, -0.1) is 0 Å². The van der Waals surface area contributed by atoms with Crippen LogP contribution in [0.25, 0.3) is 0 Å². The van der Waals surface area contributed by atoms with Gasteiger partial charge in [0.15, 0.2) is 0 Å². The molecule has 7 nitrogen and oxygen atoms in total. The van der Waals surface area contributed by atoms with Gasteiger partial charge in [0.25, 0.3) is 5.56 Å². The third-order valence-electron chi connectivity index (χ3n) is 2.32. The van der Waals surface area contributed by atoms with Crippen molar-refractivity contribution in [3.63, 3.8) is 0 Å². The zero-order valence-corrected chi connectivity index (χ0v) is 11.6. The Hall–Kier alpha value is -1.73. The van der Waals surface area contributed by atoms with Crippen molar-refractivity contribution in [2.24, 2.45) is 7.05 Å². The number of carbonyl (C=O) groups is 1. The molecule has 0 aliphatic rings. The van der Waals surface area contributed by atoms with Crippen molar-refractivity contribution in [1.29, 1.82) is 0 Å². The number of nitrogens with one attached hydrogen (secondary N) is 1. The zero-order valence-electron chi connectivity index (χ0n) is 11.6. The number of rotatable bonds is 6. The predicted molar refractivity (Wildman–Crippen MR) is 69.8 cm³/mol. The minimum Gasteiger partial charge on any atom is -0.347 e. The van der Waals surface area contributed by atoms with Crippen molar-refractivity contribution in [2.45, 2.75) is 27.1 Å². The number of amides is 1. The summed E-state index contributed by atoms with van der Waals surface area (Å²) in [7, 11) is 1.53. The summed E-state index contributed by atoms with van der Waals surface area (Å²) in [5.74, 6) is -0.136. The summed E-state index contributed by atoms with van der Waals surface area (Å²) >= 11 is 0. The molecule has 106 valence electrons. The maximum absolute atomic E-state index is 11.8. The fourth-order valence-electron chi connectivity index (χ4n) is 1.47. The van der Waals surface area contributed by atoms with E-state index in [9.17, 15) is 9.59 Å². The lowest BCUT2D eigenvalue weighted by atomic mass is 10.4. The van der Waals surface area contributed by atoms with Gasteiger partial charge in [0.05, 0.1) is 0 Å². The number of nitrogens with zero attached hydrogens (tertiary/aromatic N) is 2. The molecule has 0 radical (unpaired) electrons. The molecule has 0 fully saturated rings. The minimum atomic E-state index is -0.712. The molecule has 1 rings (SSSR count). The summed E-state index contributed by atoms with van der Waals surface area (Å²) in [6.07, 6.45) is -0.712. The first kappa shape index (κ1) is 15.3. The van der Waals surface area contributed by atoms with E-state index in [-0.39, 0.29) is 17.4 Å². The Balaban J connectivity index is 3.16. The van der Waals surface area contributed by atoms with Crippen molar-refractivity contribution in [1.82, 2.24) is 9.55 Å². The second-order valence-corrected chi connectivity index (χ2v) is 3.83. The van der Waals surface area contributed by atoms with E-state index in [1.165, 1.54) is 24.6 Å². The molecular formula is C12H19N3O4. The van der Waals surface area contributed by atoms with E-state index in [0.29, 0.717) is 18.9 Å². The molecule has 19 heavy (non-hydrogen) atoms. The summed E-state index contributed by atoms with van der Waals surface area (Å²) in [4.78, 5) is 27.1. The summed E-state index contributed by atoms with van der Waals surface area (Å²) in [6.45, 7) is 5.85. The van der Waals surface area contributed by atoms with Gasteiger partial charge in [-0.3, -0.25) is 19.5 Å². The Bertz CT molecular complexity index is 492. The number of aromatic nitrogens is 2. The Labute approximate surface area is 111 Å². The number of ether oxygens (including phenoxy) is 2. The van der Waals surface area contributed by atoms with Gasteiger partial charge in [0.2, 0.25) is 18.1 Å². The molecular weight excluding hydrogens is 250 g/mol. The van der Waals surface area contributed by atoms with Crippen LogP contribution in [0.15, 0.2) is 10.9 Å². The van der Waals surface area contributed by atoms with Crippen LogP contribution >= 0.6 is 0 Å². The lowest BCUT2D eigenvalue weighted by Gasteiger charge is -2.17. The van der Waals surface area contributed by atoms with Crippen LogP contribution in [0.3, 0.4) is 0 Å². The van der Waals surface area contributed by atoms with Crippen LogP contribution < -0.4 is 10.9 Å². The van der Waals surface area contributed by atoms with Gasteiger partial charge in [-0.2, -0.15) is 0 Å². The quantitative estimate of drug-likeness (QED) is 0.773. The molecule has 0 spiro atoms. The Morgan fingerprint density at radius 2 is 2.00 bits per heavy atom. The van der Waals surface area contributed by atoms with Crippen LogP contribution in [0.1, 0.15) is 32.8 Å². The molecule has 0 aromatic carbocycles. The average Bonchev–Trinajstić information content (AvgIpc) is 2.34. The molecule has 0 saturated heterocycles. The lowest BCUT2D eigenvalue weighted by Crippen LogP contribution is -2.26. The number of hydrogen-bond donors (Lipinski definition) is 1. The molecule has 0 atom stereocenters. The predicted octanol–water partition coefficient (Wildman–Crippen LogP) is 0.810. The van der Waals surface area contributed by atoms with Gasteiger partial charge in [-0.1, -0.05) is 0 Å². The molecule has 1 aromatic heterocycles. The van der Waals surface area contributed by atoms with Crippen molar-refractivity contribution in [3.05, 3.63) is 22.1 Å². The number of carbonyl (C=O) groups excluding carboxylic acids is 1. The van der Waals surface area contributed by atoms with Crippen molar-refractivity contribution >= 4 is 11.9 Å². The van der Waals surface area contributed by atoms with E-state index in [0.717, 1.165) is 0 Å². The highest BCUT2D eigenvalue weighted by atomic mass is 16.7. The average molecular weight is 269 g/mol. The summed E-state index contributed by atoms with van der Waals surface area (Å²) < 4.78 is 12.0. The topological polar surface area (TPSA) is 82.5 Å². The summed E-state index contributed by atoms with van der Waals surface area (Å²) in [5.41, 5.74) is 0.0497. The fraction of sp³-hybridized carbons (Fsp3) is 0.583. The van der Waals surface area contributed by atoms with Gasteiger partial charge >= 0.3 is 0 Å². The second-order valence-electron chi connectivity index (χ2n) is 3.83. The van der Waals surface area contributed by atoms with E-state index >= 15 is 0 Å². The van der Waals surface area contributed by atoms with E-state index in [2.05, 4.69) is 10.3 Å². The van der Waals surface area contributed by atoms with Crippen LogP contribution in [0.2, 0.25) is 0 Å². The highest BCUT2D eigenvalue weighted by molar-refractivity contribution is 5.86. The SMILES string of the molecule is CCOC(OCC)c1cc(=O)n(C)c(NC(C)=O)n1. The maximum Gasteiger partial charge on any atom is 0.255 e. The standard InChI is InChI=1S/C12H19N3O4/c1-5-18-11(19-6-2)9-7-10(17)15(4)12(14-9)13-8(3)16/h7,11H,5-6H2,1-4H3,(H,13,14,16). The first-order valence-electron chi connectivity index (χ1n) is 6.08. The molecule has 1 heterocycles. The number of hydrogen-bond acceptors (Lipinski definition) is 5. The summed E-state index contributed by atoms with van der Waals surface area (Å²) in [6, 6.07) is 1.33. The van der Waals surface area contributed by atoms with E-state index in [1.54, 1.807) is 0 Å². The van der Waals surface area contributed by atoms with Gasteiger partial charge in [0, 0.05) is 33.3 Å². The maximum atomic E-state index is 11.8. The third-order valence-corrected chi connectivity index (χ3v) is 2.32. The van der Waals surface area contributed by atoms with Gasteiger partial charge in [0.1, 0.15) is 5.69 Å². The molecule has 1 aromatic rings. The van der Waals surface area contributed by atoms with Crippen LogP contribution in [0.5, 0.6) is 0 Å². The van der Waals surface area contributed by atoms with Gasteiger partial charge < -0.3 is 9.47 Å². The smallest absolute Gasteiger partial charge is 0.255 e. The molecule has 0 bridgehead atoms. The van der Waals surface area contributed by atoms with E-state index < -0.39 is 6.29 Å². The molecule has 1 N–H and O–H groups in total. The van der Waals surface area contributed by atoms with Crippen LogP contribution in [-0.4, -0.2) is 28.7 Å². The zero-order chi connectivity index (χ0) is 14.4. The Morgan fingerprint density at radius 3 is 2.47 bits per heavy atom. The highest BCUT2D eigenvalue weighted by Gasteiger charge is 2.16. The van der Waals surface area contributed by atoms with Crippen molar-refractivity contribution in [3.8, 4) is 0 Å². The molecule has 0 aliphatic carbocycles. The number of anilines is 1. The van der Waals surface area contributed by atoms with Crippen molar-refractivity contribution in [2.75, 3.05) is 18.5 Å².